The summed E-state index contributed by atoms with van der Waals surface area (Å²) in [4.78, 5) is 18.6. The van der Waals surface area contributed by atoms with Gasteiger partial charge in [0.2, 0.25) is 11.8 Å². The second-order valence-corrected chi connectivity index (χ2v) is 5.99. The molecular weight excluding hydrogens is 280 g/mol. The molecule has 1 N–H and O–H groups in total. The summed E-state index contributed by atoms with van der Waals surface area (Å²) in [5.41, 5.74) is 1.81. The van der Waals surface area contributed by atoms with E-state index in [1.54, 1.807) is 0 Å². The molecular formula is C16H20N4O2. The van der Waals surface area contributed by atoms with Gasteiger partial charge in [-0.2, -0.15) is 4.98 Å². The van der Waals surface area contributed by atoms with Crippen molar-refractivity contribution in [3.63, 3.8) is 0 Å². The van der Waals surface area contributed by atoms with Gasteiger partial charge in [0.1, 0.15) is 0 Å². The van der Waals surface area contributed by atoms with Crippen LogP contribution in [-0.4, -0.2) is 22.6 Å². The molecule has 0 saturated heterocycles. The van der Waals surface area contributed by atoms with Gasteiger partial charge in [-0.3, -0.25) is 4.79 Å². The van der Waals surface area contributed by atoms with E-state index in [9.17, 15) is 4.79 Å². The predicted molar refractivity (Wildman–Crippen MR) is 83.7 cm³/mol. The van der Waals surface area contributed by atoms with Gasteiger partial charge < -0.3 is 14.7 Å². The van der Waals surface area contributed by atoms with Gasteiger partial charge in [-0.25, -0.2) is 0 Å². The fraction of sp³-hybridized carbons (Fsp3) is 0.438. The molecule has 1 aromatic heterocycles. The predicted octanol–water partition coefficient (Wildman–Crippen LogP) is 2.79. The zero-order valence-electron chi connectivity index (χ0n) is 13.0. The van der Waals surface area contributed by atoms with Crippen LogP contribution in [0.2, 0.25) is 0 Å². The van der Waals surface area contributed by atoms with Gasteiger partial charge >= 0.3 is 0 Å². The molecule has 2 heterocycles. The molecule has 6 nitrogen and oxygen atoms in total. The number of rotatable bonds is 3. The van der Waals surface area contributed by atoms with E-state index in [1.807, 2.05) is 45.0 Å². The Bertz CT molecular complexity index is 680. The van der Waals surface area contributed by atoms with Gasteiger partial charge in [0.15, 0.2) is 5.82 Å². The van der Waals surface area contributed by atoms with E-state index >= 15 is 0 Å². The number of hydrogen-bond donors (Lipinski definition) is 1. The Labute approximate surface area is 129 Å². The normalized spacial score (nSPS) is 18.1. The van der Waals surface area contributed by atoms with E-state index in [2.05, 4.69) is 20.4 Å². The third kappa shape index (κ3) is 2.81. The number of anilines is 2. The van der Waals surface area contributed by atoms with Crippen molar-refractivity contribution >= 4 is 17.3 Å². The number of nitrogens with zero attached hydrogens (tertiary/aromatic N) is 3. The molecule has 1 aromatic carbocycles. The van der Waals surface area contributed by atoms with Crippen LogP contribution in [0.1, 0.15) is 38.4 Å². The number of amides is 1. The molecule has 3 rings (SSSR count). The lowest BCUT2D eigenvalue weighted by molar-refractivity contribution is -0.119. The summed E-state index contributed by atoms with van der Waals surface area (Å²) in [6, 6.07) is 7.79. The summed E-state index contributed by atoms with van der Waals surface area (Å²) >= 11 is 0. The van der Waals surface area contributed by atoms with Gasteiger partial charge in [0, 0.05) is 12.5 Å². The minimum Gasteiger partial charge on any atom is -0.361 e. The third-order valence-corrected chi connectivity index (χ3v) is 3.75. The summed E-state index contributed by atoms with van der Waals surface area (Å²) < 4.78 is 5.26. The first-order valence-corrected chi connectivity index (χ1v) is 7.52. The van der Waals surface area contributed by atoms with E-state index in [0.717, 1.165) is 11.4 Å². The molecule has 0 radical (unpaired) electrons. The minimum absolute atomic E-state index is 0.0333. The maximum atomic E-state index is 12.1. The van der Waals surface area contributed by atoms with Gasteiger partial charge in [-0.05, 0) is 12.1 Å². The molecule has 0 saturated carbocycles. The van der Waals surface area contributed by atoms with E-state index in [1.165, 1.54) is 0 Å². The van der Waals surface area contributed by atoms with E-state index < -0.39 is 0 Å². The van der Waals surface area contributed by atoms with Crippen LogP contribution in [0, 0.1) is 5.92 Å². The first-order valence-electron chi connectivity index (χ1n) is 7.52. The SMILES string of the molecule is CC1CN(Cc2noc(C(C)C)n2)c2ccccc2NC1=O. The van der Waals surface area contributed by atoms with Crippen molar-refractivity contribution < 1.29 is 9.32 Å². The maximum absolute atomic E-state index is 12.1. The summed E-state index contributed by atoms with van der Waals surface area (Å²) in [5.74, 6) is 1.41. The zero-order chi connectivity index (χ0) is 15.7. The highest BCUT2D eigenvalue weighted by Crippen LogP contribution is 2.30. The average molecular weight is 300 g/mol. The first-order chi connectivity index (χ1) is 10.5. The lowest BCUT2D eigenvalue weighted by Gasteiger charge is -2.23. The third-order valence-electron chi connectivity index (χ3n) is 3.75. The molecule has 22 heavy (non-hydrogen) atoms. The minimum atomic E-state index is -0.108. The molecule has 1 atom stereocenters. The highest BCUT2D eigenvalue weighted by atomic mass is 16.5. The lowest BCUT2D eigenvalue weighted by Crippen LogP contribution is -2.30. The average Bonchev–Trinajstić information content (AvgIpc) is 2.91. The second kappa shape index (κ2) is 5.79. The number of fused-ring (bicyclic) bond motifs is 1. The van der Waals surface area contributed by atoms with Crippen LogP contribution in [0.15, 0.2) is 28.8 Å². The molecule has 0 aliphatic carbocycles. The Morgan fingerprint density at radius 1 is 1.41 bits per heavy atom. The standard InChI is InChI=1S/C16H20N4O2/c1-10(2)16-18-14(19-22-16)9-20-8-11(3)15(21)17-12-6-4-5-7-13(12)20/h4-7,10-11H,8-9H2,1-3H3,(H,17,21). The quantitative estimate of drug-likeness (QED) is 0.943. The van der Waals surface area contributed by atoms with Gasteiger partial charge in [-0.15, -0.1) is 0 Å². The van der Waals surface area contributed by atoms with E-state index in [0.29, 0.717) is 24.8 Å². The van der Waals surface area contributed by atoms with E-state index in [-0.39, 0.29) is 17.7 Å². The van der Waals surface area contributed by atoms with Crippen LogP contribution in [-0.2, 0) is 11.3 Å². The van der Waals surface area contributed by atoms with Crippen LogP contribution in [0.5, 0.6) is 0 Å². The van der Waals surface area contributed by atoms with Crippen molar-refractivity contribution in [1.29, 1.82) is 0 Å². The van der Waals surface area contributed by atoms with Crippen molar-refractivity contribution in [2.45, 2.75) is 33.2 Å². The molecule has 1 aliphatic heterocycles. The van der Waals surface area contributed by atoms with Crippen molar-refractivity contribution in [1.82, 2.24) is 10.1 Å². The fourth-order valence-corrected chi connectivity index (χ4v) is 2.51. The Morgan fingerprint density at radius 2 is 2.18 bits per heavy atom. The van der Waals surface area contributed by atoms with Crippen LogP contribution >= 0.6 is 0 Å². The molecule has 0 fully saturated rings. The molecule has 0 spiro atoms. The Morgan fingerprint density at radius 3 is 2.91 bits per heavy atom. The van der Waals surface area contributed by atoms with Crippen LogP contribution < -0.4 is 10.2 Å². The molecule has 1 amide bonds. The number of hydrogen-bond acceptors (Lipinski definition) is 5. The topological polar surface area (TPSA) is 71.3 Å². The largest absolute Gasteiger partial charge is 0.361 e. The fourth-order valence-electron chi connectivity index (χ4n) is 2.51. The number of carbonyl (C=O) groups is 1. The lowest BCUT2D eigenvalue weighted by atomic mass is 10.1. The van der Waals surface area contributed by atoms with Crippen LogP contribution in [0.4, 0.5) is 11.4 Å². The summed E-state index contributed by atoms with van der Waals surface area (Å²) in [6.07, 6.45) is 0. The molecule has 116 valence electrons. The number of para-hydroxylation sites is 2. The molecule has 2 aromatic rings. The van der Waals surface area contributed by atoms with Gasteiger partial charge in [0.25, 0.3) is 0 Å². The number of benzene rings is 1. The van der Waals surface area contributed by atoms with Gasteiger partial charge in [-0.1, -0.05) is 38.1 Å². The summed E-state index contributed by atoms with van der Waals surface area (Å²) in [5, 5.41) is 7.01. The highest BCUT2D eigenvalue weighted by Gasteiger charge is 2.25. The number of carbonyl (C=O) groups excluding carboxylic acids is 1. The van der Waals surface area contributed by atoms with Crippen molar-refractivity contribution in [2.24, 2.45) is 5.92 Å². The highest BCUT2D eigenvalue weighted by molar-refractivity contribution is 5.97. The van der Waals surface area contributed by atoms with Crippen LogP contribution in [0.25, 0.3) is 0 Å². The summed E-state index contributed by atoms with van der Waals surface area (Å²) in [7, 11) is 0. The summed E-state index contributed by atoms with van der Waals surface area (Å²) in [6.45, 7) is 7.09. The zero-order valence-corrected chi connectivity index (χ0v) is 13.0. The molecule has 6 heteroatoms. The Kier molecular flexibility index (Phi) is 3.83. The van der Waals surface area contributed by atoms with Gasteiger partial charge in [0.05, 0.1) is 23.8 Å². The Hall–Kier alpha value is -2.37. The number of aromatic nitrogens is 2. The molecule has 1 aliphatic rings. The van der Waals surface area contributed by atoms with Crippen molar-refractivity contribution in [3.05, 3.63) is 36.0 Å². The van der Waals surface area contributed by atoms with E-state index in [4.69, 9.17) is 4.52 Å². The molecule has 1 unspecified atom stereocenters. The second-order valence-electron chi connectivity index (χ2n) is 5.99. The Balaban J connectivity index is 1.89. The first kappa shape index (κ1) is 14.6. The maximum Gasteiger partial charge on any atom is 0.229 e. The monoisotopic (exact) mass is 300 g/mol. The molecule has 0 bridgehead atoms. The smallest absolute Gasteiger partial charge is 0.229 e. The van der Waals surface area contributed by atoms with Crippen LogP contribution in [0.3, 0.4) is 0 Å². The van der Waals surface area contributed by atoms with Crippen molar-refractivity contribution in [2.75, 3.05) is 16.8 Å². The number of nitrogens with one attached hydrogen (secondary N) is 1. The van der Waals surface area contributed by atoms with Crippen molar-refractivity contribution in [3.8, 4) is 0 Å².